The molecule has 1 aliphatic heterocycles. The molecule has 2 rings (SSSR count). The Balaban J connectivity index is 2.23. The molecule has 0 N–H and O–H groups in total. The molecule has 1 atom stereocenters. The van der Waals surface area contributed by atoms with Crippen LogP contribution in [0.25, 0.3) is 0 Å². The van der Waals surface area contributed by atoms with E-state index in [0.29, 0.717) is 18.8 Å². The van der Waals surface area contributed by atoms with Crippen molar-refractivity contribution in [2.24, 2.45) is 5.41 Å². The summed E-state index contributed by atoms with van der Waals surface area (Å²) in [5.41, 5.74) is 0.788. The second-order valence-electron chi connectivity index (χ2n) is 9.41. The van der Waals surface area contributed by atoms with Crippen molar-refractivity contribution in [2.45, 2.75) is 65.4 Å². The van der Waals surface area contributed by atoms with Gasteiger partial charge in [-0.15, -0.1) is 0 Å². The van der Waals surface area contributed by atoms with Crippen molar-refractivity contribution >= 4 is 20.2 Å². The number of likely N-dealkylation sites (tertiary alicyclic amines) is 1. The largest absolute Gasteiger partial charge is 0.467 e. The quantitative estimate of drug-likeness (QED) is 0.565. The lowest BCUT2D eigenvalue weighted by molar-refractivity contribution is -0.160. The number of carbonyl (C=O) groups is 2. The summed E-state index contributed by atoms with van der Waals surface area (Å²) in [5, 5.41) is 0.0802. The van der Waals surface area contributed by atoms with Gasteiger partial charge in [-0.25, -0.2) is 4.79 Å². The molecule has 1 aromatic heterocycles. The van der Waals surface area contributed by atoms with Crippen LogP contribution in [0.3, 0.4) is 0 Å². The highest BCUT2D eigenvalue weighted by Gasteiger charge is 2.53. The van der Waals surface area contributed by atoms with E-state index in [1.165, 1.54) is 7.11 Å². The van der Waals surface area contributed by atoms with E-state index in [9.17, 15) is 9.59 Å². The number of esters is 1. The van der Waals surface area contributed by atoms with E-state index in [1.54, 1.807) is 17.2 Å². The molecule has 27 heavy (non-hydrogen) atoms. The minimum absolute atomic E-state index is 0.0802. The van der Waals surface area contributed by atoms with Gasteiger partial charge in [-0.1, -0.05) is 40.7 Å². The smallest absolute Gasteiger partial charge is 0.329 e. The van der Waals surface area contributed by atoms with E-state index in [1.807, 2.05) is 19.9 Å². The predicted molar refractivity (Wildman–Crippen MR) is 107 cm³/mol. The Kier molecular flexibility index (Phi) is 5.87. The molecule has 7 heteroatoms. The molecule has 1 saturated heterocycles. The van der Waals surface area contributed by atoms with Crippen LogP contribution in [0.1, 0.15) is 50.7 Å². The Hall–Kier alpha value is -1.73. The van der Waals surface area contributed by atoms with Crippen molar-refractivity contribution in [1.29, 1.82) is 0 Å². The van der Waals surface area contributed by atoms with Gasteiger partial charge in [-0.2, -0.15) is 0 Å². The molecule has 0 spiro atoms. The normalized spacial score (nSPS) is 19.4. The number of ether oxygens (including phenoxy) is 1. The molecule has 0 aromatic carbocycles. The number of rotatable bonds is 5. The number of carbonyl (C=O) groups excluding carboxylic acids is 2. The summed E-state index contributed by atoms with van der Waals surface area (Å²) in [5.74, 6) is -0.645. The van der Waals surface area contributed by atoms with E-state index in [-0.39, 0.29) is 16.4 Å². The fourth-order valence-corrected chi connectivity index (χ4v) is 3.98. The van der Waals surface area contributed by atoms with E-state index < -0.39 is 20.3 Å². The van der Waals surface area contributed by atoms with Crippen molar-refractivity contribution in [2.75, 3.05) is 13.7 Å². The molecule has 0 saturated carbocycles. The van der Waals surface area contributed by atoms with Crippen LogP contribution in [-0.4, -0.2) is 49.8 Å². The van der Waals surface area contributed by atoms with Crippen LogP contribution in [-0.2, 0) is 20.6 Å². The summed E-state index contributed by atoms with van der Waals surface area (Å²) in [7, 11) is -0.608. The van der Waals surface area contributed by atoms with E-state index in [0.717, 1.165) is 5.56 Å². The fraction of sp³-hybridized carbons (Fsp3) is 0.650. The van der Waals surface area contributed by atoms with Crippen molar-refractivity contribution in [1.82, 2.24) is 9.88 Å². The van der Waals surface area contributed by atoms with Crippen LogP contribution in [0.2, 0.25) is 18.1 Å². The number of methoxy groups -OCH3 is 1. The first-order valence-corrected chi connectivity index (χ1v) is 12.2. The molecule has 1 amide bonds. The molecule has 0 bridgehead atoms. The number of aromatic nitrogens is 1. The van der Waals surface area contributed by atoms with Crippen LogP contribution in [0.15, 0.2) is 18.3 Å². The fourth-order valence-electron chi connectivity index (χ4n) is 3.03. The first-order valence-electron chi connectivity index (χ1n) is 9.28. The third-order valence-corrected chi connectivity index (χ3v) is 10.3. The summed E-state index contributed by atoms with van der Waals surface area (Å²) in [6, 6.07) is 3.08. The van der Waals surface area contributed by atoms with E-state index in [4.69, 9.17) is 9.16 Å². The molecule has 150 valence electrons. The summed E-state index contributed by atoms with van der Waals surface area (Å²) >= 11 is 0. The molecule has 0 unspecified atom stereocenters. The molecule has 1 fully saturated rings. The Labute approximate surface area is 163 Å². The van der Waals surface area contributed by atoms with Gasteiger partial charge in [0.1, 0.15) is 11.7 Å². The van der Waals surface area contributed by atoms with Gasteiger partial charge in [0.15, 0.2) is 8.32 Å². The summed E-state index contributed by atoms with van der Waals surface area (Å²) < 4.78 is 11.2. The SMILES string of the molecule is COC(=O)[C@@H]1N(C(=O)c2ncccc2CO[Si](C)(C)C(C)(C)C)CC1(C)C. The first-order chi connectivity index (χ1) is 12.3. The Bertz CT molecular complexity index is 725. The average molecular weight is 393 g/mol. The highest BCUT2D eigenvalue weighted by atomic mass is 28.4. The highest BCUT2D eigenvalue weighted by molar-refractivity contribution is 6.74. The maximum Gasteiger partial charge on any atom is 0.329 e. The van der Waals surface area contributed by atoms with Gasteiger partial charge in [0.2, 0.25) is 0 Å². The van der Waals surface area contributed by atoms with E-state index >= 15 is 0 Å². The van der Waals surface area contributed by atoms with Crippen molar-refractivity contribution in [3.8, 4) is 0 Å². The highest BCUT2D eigenvalue weighted by Crippen LogP contribution is 2.39. The maximum atomic E-state index is 13.1. The minimum atomic E-state index is -1.95. The van der Waals surface area contributed by atoms with Crippen LogP contribution >= 0.6 is 0 Å². The molecule has 6 nitrogen and oxygen atoms in total. The monoisotopic (exact) mass is 392 g/mol. The molecule has 0 radical (unpaired) electrons. The number of hydrogen-bond acceptors (Lipinski definition) is 5. The lowest BCUT2D eigenvalue weighted by atomic mass is 9.74. The number of pyridine rings is 1. The second kappa shape index (κ2) is 7.35. The van der Waals surface area contributed by atoms with Gasteiger partial charge in [0, 0.05) is 23.7 Å². The van der Waals surface area contributed by atoms with Crippen LogP contribution in [0.5, 0.6) is 0 Å². The lowest BCUT2D eigenvalue weighted by Crippen LogP contribution is -2.67. The van der Waals surface area contributed by atoms with Crippen LogP contribution in [0.4, 0.5) is 0 Å². The van der Waals surface area contributed by atoms with Crippen LogP contribution in [0, 0.1) is 5.41 Å². The van der Waals surface area contributed by atoms with Gasteiger partial charge < -0.3 is 14.1 Å². The number of nitrogens with zero attached hydrogens (tertiary/aromatic N) is 2. The molecule has 0 aliphatic carbocycles. The lowest BCUT2D eigenvalue weighted by Gasteiger charge is -2.52. The number of amides is 1. The van der Waals surface area contributed by atoms with Crippen molar-refractivity contribution in [3.63, 3.8) is 0 Å². The number of hydrogen-bond donors (Lipinski definition) is 0. The zero-order chi connectivity index (χ0) is 20.6. The third kappa shape index (κ3) is 4.24. The van der Waals surface area contributed by atoms with Gasteiger partial charge in [-0.3, -0.25) is 9.78 Å². The second-order valence-corrected chi connectivity index (χ2v) is 14.2. The van der Waals surface area contributed by atoms with Gasteiger partial charge in [0.05, 0.1) is 13.7 Å². The van der Waals surface area contributed by atoms with Gasteiger partial charge in [0.25, 0.3) is 5.91 Å². The first kappa shape index (κ1) is 21.6. The third-order valence-electron chi connectivity index (χ3n) is 5.80. The zero-order valence-electron chi connectivity index (χ0n) is 17.8. The Morgan fingerprint density at radius 3 is 2.48 bits per heavy atom. The summed E-state index contributed by atoms with van der Waals surface area (Å²) in [4.78, 5) is 31.1. The van der Waals surface area contributed by atoms with E-state index in [2.05, 4.69) is 38.8 Å². The maximum absolute atomic E-state index is 13.1. The van der Waals surface area contributed by atoms with Gasteiger partial charge in [-0.05, 0) is 24.2 Å². The average Bonchev–Trinajstić information content (AvgIpc) is 2.56. The molecular weight excluding hydrogens is 360 g/mol. The minimum Gasteiger partial charge on any atom is -0.467 e. The predicted octanol–water partition coefficient (Wildman–Crippen LogP) is 3.63. The summed E-state index contributed by atoms with van der Waals surface area (Å²) in [6.07, 6.45) is 1.60. The van der Waals surface area contributed by atoms with Crippen molar-refractivity contribution < 1.29 is 18.8 Å². The molecular formula is C20H32N2O4Si. The Morgan fingerprint density at radius 2 is 1.96 bits per heavy atom. The van der Waals surface area contributed by atoms with Crippen LogP contribution < -0.4 is 0 Å². The molecule has 1 aliphatic rings. The standard InChI is InChI=1S/C20H32N2O4Si/c1-19(2,3)27(7,8)26-12-14-10-9-11-21-15(14)17(23)22-13-20(4,5)16(22)18(24)25-6/h9-11,16H,12-13H2,1-8H3/t16-/m0/s1. The topological polar surface area (TPSA) is 68.7 Å². The van der Waals surface area contributed by atoms with Crippen molar-refractivity contribution in [3.05, 3.63) is 29.6 Å². The summed E-state index contributed by atoms with van der Waals surface area (Å²) in [6.45, 7) is 15.6. The zero-order valence-corrected chi connectivity index (χ0v) is 18.8. The Morgan fingerprint density at radius 1 is 1.33 bits per heavy atom. The molecule has 2 heterocycles. The molecule has 1 aromatic rings. The van der Waals surface area contributed by atoms with Gasteiger partial charge >= 0.3 is 5.97 Å².